The van der Waals surface area contributed by atoms with Crippen LogP contribution in [0.15, 0.2) is 42.5 Å². The zero-order valence-corrected chi connectivity index (χ0v) is 23.6. The highest BCUT2D eigenvalue weighted by molar-refractivity contribution is 6.70. The summed E-state index contributed by atoms with van der Waals surface area (Å²) in [4.78, 5) is 26.2. The maximum atomic E-state index is 13.1. The highest BCUT2D eigenvalue weighted by Gasteiger charge is 2.35. The van der Waals surface area contributed by atoms with E-state index in [2.05, 4.69) is 19.6 Å². The van der Waals surface area contributed by atoms with Crippen molar-refractivity contribution in [3.63, 3.8) is 0 Å². The highest BCUT2D eigenvalue weighted by Crippen LogP contribution is 2.33. The number of Topliss-reactive ketones (excluding diaryl/α,β-unsaturated/α-hetero) is 2. The largest absolute Gasteiger partial charge is 0.496 e. The molecule has 0 aliphatic carbocycles. The third-order valence-corrected chi connectivity index (χ3v) is 7.08. The lowest BCUT2D eigenvalue weighted by Crippen LogP contribution is -2.44. The van der Waals surface area contributed by atoms with Gasteiger partial charge in [-0.3, -0.25) is 9.59 Å². The molecule has 0 spiro atoms. The summed E-state index contributed by atoms with van der Waals surface area (Å²) in [5.41, 5.74) is 1.00. The smallest absolute Gasteiger partial charge is 0.206 e. The molecule has 0 atom stereocenters. The van der Waals surface area contributed by atoms with E-state index >= 15 is 0 Å². The first-order valence-corrected chi connectivity index (χ1v) is 17.0. The molecule has 0 amide bonds. The Hall–Kier alpha value is -2.07. The van der Waals surface area contributed by atoms with Crippen molar-refractivity contribution < 1.29 is 23.2 Å². The number of rotatable bonds is 10. The predicted molar refractivity (Wildman–Crippen MR) is 138 cm³/mol. The van der Waals surface area contributed by atoms with E-state index in [4.69, 9.17) is 13.6 Å². The number of hydrogen-bond acceptors (Lipinski definition) is 5. The molecule has 2 aromatic carbocycles. The summed E-state index contributed by atoms with van der Waals surface area (Å²) < 4.78 is 17.6. The predicted octanol–water partition coefficient (Wildman–Crippen LogP) is 6.40. The zero-order valence-electron chi connectivity index (χ0n) is 21.6. The summed E-state index contributed by atoms with van der Waals surface area (Å²) >= 11 is 0. The van der Waals surface area contributed by atoms with Crippen molar-refractivity contribution in [3.8, 4) is 16.9 Å². The normalized spacial score (nSPS) is 12.7. The molecular weight excluding hydrogens is 448 g/mol. The molecule has 1 radical (unpaired) electrons. The molecule has 0 N–H and O–H groups in total. The van der Waals surface area contributed by atoms with E-state index in [1.54, 1.807) is 31.4 Å². The minimum absolute atomic E-state index is 0.0528. The van der Waals surface area contributed by atoms with Crippen LogP contribution < -0.4 is 4.74 Å². The van der Waals surface area contributed by atoms with Gasteiger partial charge in [-0.15, -0.1) is 0 Å². The molecule has 0 saturated carbocycles. The lowest BCUT2D eigenvalue weighted by molar-refractivity contribution is 0.0558. The van der Waals surface area contributed by atoms with E-state index in [-0.39, 0.29) is 11.6 Å². The van der Waals surface area contributed by atoms with Gasteiger partial charge in [0.1, 0.15) is 17.0 Å². The van der Waals surface area contributed by atoms with E-state index in [0.29, 0.717) is 16.9 Å². The van der Waals surface area contributed by atoms with Gasteiger partial charge in [0, 0.05) is 16.7 Å². The van der Waals surface area contributed by atoms with Gasteiger partial charge in [0.25, 0.3) is 0 Å². The average molecular weight is 486 g/mol. The van der Waals surface area contributed by atoms with Crippen LogP contribution in [-0.2, 0) is 8.85 Å². The fraction of sp³-hybridized carbons (Fsp3) is 0.462. The van der Waals surface area contributed by atoms with E-state index < -0.39 is 28.6 Å². The molecule has 0 unspecified atom stereocenters. The topological polar surface area (TPSA) is 61.8 Å². The van der Waals surface area contributed by atoms with Crippen LogP contribution >= 0.6 is 0 Å². The first-order chi connectivity index (χ1) is 15.1. The molecule has 5 nitrogen and oxygen atoms in total. The van der Waals surface area contributed by atoms with Crippen LogP contribution in [0, 0.1) is 0 Å². The second-order valence-corrected chi connectivity index (χ2v) is 16.8. The molecule has 0 aliphatic rings. The Morgan fingerprint density at radius 2 is 1.33 bits per heavy atom. The number of hydrogen-bond donors (Lipinski definition) is 0. The van der Waals surface area contributed by atoms with Crippen LogP contribution in [0.4, 0.5) is 0 Å². The maximum absolute atomic E-state index is 13.1. The quantitative estimate of drug-likeness (QED) is 0.288. The van der Waals surface area contributed by atoms with E-state index in [0.717, 1.165) is 11.1 Å². The Morgan fingerprint density at radius 1 is 0.818 bits per heavy atom. The number of ether oxygens (including phenoxy) is 1. The molecule has 0 fully saturated rings. The van der Waals surface area contributed by atoms with E-state index in [9.17, 15) is 9.59 Å². The van der Waals surface area contributed by atoms with E-state index in [1.807, 2.05) is 59.0 Å². The third-order valence-electron chi connectivity index (χ3n) is 5.03. The molecule has 0 saturated heterocycles. The summed E-state index contributed by atoms with van der Waals surface area (Å²) in [6.07, 6.45) is 0. The van der Waals surface area contributed by atoms with Crippen molar-refractivity contribution >= 4 is 28.9 Å². The van der Waals surface area contributed by atoms with Crippen LogP contribution in [0.25, 0.3) is 11.1 Å². The van der Waals surface area contributed by atoms with Gasteiger partial charge in [-0.1, -0.05) is 24.3 Å². The number of carbonyl (C=O) groups is 2. The Kier molecular flexibility index (Phi) is 8.28. The Morgan fingerprint density at radius 3 is 1.82 bits per heavy atom. The zero-order chi connectivity index (χ0) is 25.2. The van der Waals surface area contributed by atoms with Gasteiger partial charge in [-0.05, 0) is 84.2 Å². The van der Waals surface area contributed by atoms with Gasteiger partial charge in [-0.2, -0.15) is 0 Å². The molecular formula is C26H37O5Si2. The van der Waals surface area contributed by atoms with Crippen LogP contribution in [-0.4, -0.2) is 47.2 Å². The number of carbonyl (C=O) groups excluding carboxylic acids is 2. The van der Waals surface area contributed by atoms with E-state index in [1.165, 1.54) is 0 Å². The third kappa shape index (κ3) is 6.96. The summed E-state index contributed by atoms with van der Waals surface area (Å²) in [6, 6.07) is 12.8. The van der Waals surface area contributed by atoms with Crippen molar-refractivity contribution in [1.29, 1.82) is 0 Å². The van der Waals surface area contributed by atoms with Crippen LogP contribution in [0.1, 0.15) is 48.4 Å². The molecule has 0 heterocycles. The first-order valence-electron chi connectivity index (χ1n) is 11.1. The highest BCUT2D eigenvalue weighted by atomic mass is 28.4. The summed E-state index contributed by atoms with van der Waals surface area (Å²) in [6.45, 7) is 17.5. The monoisotopic (exact) mass is 485 g/mol. The van der Waals surface area contributed by atoms with Crippen molar-refractivity contribution in [1.82, 2.24) is 0 Å². The number of ketones is 2. The molecule has 7 heteroatoms. The van der Waals surface area contributed by atoms with Crippen molar-refractivity contribution in [3.05, 3.63) is 53.6 Å². The summed E-state index contributed by atoms with van der Waals surface area (Å²) in [5.74, 6) is 0.528. The van der Waals surface area contributed by atoms with Gasteiger partial charge in [0.15, 0.2) is 19.9 Å². The molecule has 2 rings (SSSR count). The molecule has 33 heavy (non-hydrogen) atoms. The number of methoxy groups -OCH3 is 1. The Balaban J connectivity index is 2.40. The second kappa shape index (κ2) is 10.1. The van der Waals surface area contributed by atoms with Crippen LogP contribution in [0.5, 0.6) is 5.75 Å². The number of benzene rings is 2. The SMILES string of the molecule is COc1ccc(C(=O)C(C)(C)O[Si](C)C)cc1-c1ccc(C(=O)C(C)(C)O[Si](C)(C)C)cc1. The first kappa shape index (κ1) is 27.2. The molecule has 0 bridgehead atoms. The lowest BCUT2D eigenvalue weighted by atomic mass is 9.92. The van der Waals surface area contributed by atoms with Crippen LogP contribution in [0.3, 0.4) is 0 Å². The van der Waals surface area contributed by atoms with Crippen molar-refractivity contribution in [2.45, 2.75) is 71.6 Å². The molecule has 2 aromatic rings. The van der Waals surface area contributed by atoms with Gasteiger partial charge >= 0.3 is 0 Å². The van der Waals surface area contributed by atoms with Crippen LogP contribution in [0.2, 0.25) is 32.7 Å². The van der Waals surface area contributed by atoms with Gasteiger partial charge in [-0.25, -0.2) is 0 Å². The Labute approximate surface area is 201 Å². The van der Waals surface area contributed by atoms with Gasteiger partial charge in [0.05, 0.1) is 7.11 Å². The standard InChI is InChI=1S/C26H37O5Si2/c1-25(2,30-32(6)7)24(28)20-15-16-22(29-5)21(17-20)18-11-13-19(14-12-18)23(27)26(3,4)31-33(8,9)10/h11-17H,1-10H3. The fourth-order valence-electron chi connectivity index (χ4n) is 3.94. The lowest BCUT2D eigenvalue weighted by Gasteiger charge is -2.31. The minimum atomic E-state index is -1.89. The molecule has 179 valence electrons. The summed E-state index contributed by atoms with van der Waals surface area (Å²) in [5, 5.41) is 0. The Bertz CT molecular complexity index is 1000. The second-order valence-electron chi connectivity index (χ2n) is 10.4. The minimum Gasteiger partial charge on any atom is -0.496 e. The maximum Gasteiger partial charge on any atom is 0.206 e. The van der Waals surface area contributed by atoms with Gasteiger partial charge in [0.2, 0.25) is 9.04 Å². The fourth-order valence-corrected chi connectivity index (χ4v) is 6.68. The molecule has 0 aliphatic heterocycles. The van der Waals surface area contributed by atoms with Crippen molar-refractivity contribution in [2.24, 2.45) is 0 Å². The molecule has 0 aromatic heterocycles. The van der Waals surface area contributed by atoms with Gasteiger partial charge < -0.3 is 13.6 Å². The summed E-state index contributed by atoms with van der Waals surface area (Å²) in [7, 11) is -1.32. The van der Waals surface area contributed by atoms with Crippen molar-refractivity contribution in [2.75, 3.05) is 7.11 Å². The average Bonchev–Trinajstić information content (AvgIpc) is 2.69.